The summed E-state index contributed by atoms with van der Waals surface area (Å²) in [7, 11) is 0. The van der Waals surface area contributed by atoms with Crippen molar-refractivity contribution < 1.29 is 22.0 Å². The van der Waals surface area contributed by atoms with Gasteiger partial charge in [0.15, 0.2) is 0 Å². The molecule has 0 spiro atoms. The Bertz CT molecular complexity index is 967. The van der Waals surface area contributed by atoms with Gasteiger partial charge < -0.3 is 5.73 Å². The fraction of sp³-hybridized carbons (Fsp3) is 0.125. The third kappa shape index (κ3) is 3.58. The monoisotopic (exact) mass is 367 g/mol. The number of benzene rings is 1. The Morgan fingerprint density at radius 2 is 1.42 bits per heavy atom. The van der Waals surface area contributed by atoms with Crippen LogP contribution in [0.15, 0.2) is 30.3 Å². The van der Waals surface area contributed by atoms with Gasteiger partial charge in [-0.15, -0.1) is 10.2 Å². The molecule has 2 aromatic heterocycles. The van der Waals surface area contributed by atoms with Crippen LogP contribution in [0.25, 0.3) is 22.5 Å². The van der Waals surface area contributed by atoms with E-state index in [1.54, 1.807) is 0 Å². The van der Waals surface area contributed by atoms with Crippen LogP contribution in [0.4, 0.5) is 27.9 Å². The van der Waals surface area contributed by atoms with Crippen molar-refractivity contribution in [1.82, 2.24) is 20.2 Å². The van der Waals surface area contributed by atoms with Gasteiger partial charge in [0.2, 0.25) is 5.95 Å². The lowest BCUT2D eigenvalue weighted by Gasteiger charge is -2.12. The fourth-order valence-corrected chi connectivity index (χ4v) is 2.38. The predicted octanol–water partition coefficient (Wildman–Crippen LogP) is 3.79. The van der Waals surface area contributed by atoms with E-state index in [2.05, 4.69) is 20.2 Å². The molecule has 0 aliphatic rings. The summed E-state index contributed by atoms with van der Waals surface area (Å²) >= 11 is 0. The van der Waals surface area contributed by atoms with Gasteiger partial charge in [0.25, 0.3) is 0 Å². The zero-order chi connectivity index (χ0) is 19.1. The Morgan fingerprint density at radius 3 is 2.04 bits per heavy atom. The lowest BCUT2D eigenvalue weighted by Crippen LogP contribution is -2.10. The van der Waals surface area contributed by atoms with Crippen LogP contribution >= 0.6 is 0 Å². The molecular formula is C16H10F5N5. The van der Waals surface area contributed by atoms with E-state index in [-0.39, 0.29) is 34.2 Å². The van der Waals surface area contributed by atoms with Gasteiger partial charge in [-0.25, -0.2) is 18.7 Å². The van der Waals surface area contributed by atoms with E-state index < -0.39 is 23.5 Å². The molecule has 134 valence electrons. The smallest absolute Gasteiger partial charge is 0.366 e. The lowest BCUT2D eigenvalue weighted by molar-refractivity contribution is -0.141. The standard InChI is InChI=1S/C16H10F5N5/c1-7-2-8(5-12(23-7)16(19,20)21)14-13(24-15(22)26-25-14)9-3-10(17)6-11(18)4-9/h2-6H,1H3,(H2,22,24,26). The topological polar surface area (TPSA) is 77.6 Å². The van der Waals surface area contributed by atoms with Crippen LogP contribution in [0.1, 0.15) is 11.4 Å². The molecule has 0 unspecified atom stereocenters. The van der Waals surface area contributed by atoms with E-state index in [0.717, 1.165) is 18.2 Å². The molecule has 0 saturated carbocycles. The van der Waals surface area contributed by atoms with Crippen molar-refractivity contribution in [3.63, 3.8) is 0 Å². The van der Waals surface area contributed by atoms with Gasteiger partial charge in [-0.1, -0.05) is 0 Å². The van der Waals surface area contributed by atoms with Crippen molar-refractivity contribution in [3.8, 4) is 22.5 Å². The third-order valence-electron chi connectivity index (χ3n) is 3.36. The van der Waals surface area contributed by atoms with Crippen molar-refractivity contribution in [1.29, 1.82) is 0 Å². The maximum Gasteiger partial charge on any atom is 0.433 e. The number of pyridine rings is 1. The highest BCUT2D eigenvalue weighted by atomic mass is 19.4. The summed E-state index contributed by atoms with van der Waals surface area (Å²) in [5.41, 5.74) is 4.16. The molecule has 0 aliphatic carbocycles. The van der Waals surface area contributed by atoms with Crippen molar-refractivity contribution in [2.24, 2.45) is 0 Å². The molecule has 1 aromatic carbocycles. The Balaban J connectivity index is 2.26. The molecule has 0 amide bonds. The highest BCUT2D eigenvalue weighted by molar-refractivity contribution is 5.78. The molecular weight excluding hydrogens is 357 g/mol. The summed E-state index contributed by atoms with van der Waals surface area (Å²) in [5.74, 6) is -2.06. The second kappa shape index (κ2) is 6.28. The van der Waals surface area contributed by atoms with Crippen LogP contribution in [0, 0.1) is 18.6 Å². The number of halogens is 5. The van der Waals surface area contributed by atoms with Gasteiger partial charge in [0.05, 0.1) is 0 Å². The molecule has 10 heteroatoms. The average molecular weight is 367 g/mol. The van der Waals surface area contributed by atoms with Gasteiger partial charge in [-0.2, -0.15) is 13.2 Å². The van der Waals surface area contributed by atoms with Crippen molar-refractivity contribution in [3.05, 3.63) is 53.4 Å². The number of nitrogens with two attached hydrogens (primary N) is 1. The Hall–Kier alpha value is -3.17. The quantitative estimate of drug-likeness (QED) is 0.698. The van der Waals surface area contributed by atoms with Crippen LogP contribution in [0.3, 0.4) is 0 Å². The molecule has 0 radical (unpaired) electrons. The minimum Gasteiger partial charge on any atom is -0.366 e. The van der Waals surface area contributed by atoms with Crippen molar-refractivity contribution in [2.75, 3.05) is 5.73 Å². The van der Waals surface area contributed by atoms with Crippen LogP contribution < -0.4 is 5.73 Å². The van der Waals surface area contributed by atoms with Crippen LogP contribution in [-0.4, -0.2) is 20.2 Å². The first-order valence-corrected chi connectivity index (χ1v) is 7.16. The Labute approximate surface area is 143 Å². The predicted molar refractivity (Wildman–Crippen MR) is 82.6 cm³/mol. The second-order valence-corrected chi connectivity index (χ2v) is 5.41. The van der Waals surface area contributed by atoms with E-state index in [1.807, 2.05) is 0 Å². The average Bonchev–Trinajstić information content (AvgIpc) is 2.52. The summed E-state index contributed by atoms with van der Waals surface area (Å²) in [4.78, 5) is 7.33. The minimum atomic E-state index is -4.68. The number of rotatable bonds is 2. The number of hydrogen-bond acceptors (Lipinski definition) is 5. The third-order valence-corrected chi connectivity index (χ3v) is 3.36. The molecule has 0 bridgehead atoms. The highest BCUT2D eigenvalue weighted by Gasteiger charge is 2.33. The fourth-order valence-electron chi connectivity index (χ4n) is 2.38. The number of anilines is 1. The van der Waals surface area contributed by atoms with Crippen LogP contribution in [0.5, 0.6) is 0 Å². The zero-order valence-corrected chi connectivity index (χ0v) is 13.1. The maximum absolute atomic E-state index is 13.5. The molecule has 3 rings (SSSR count). The van der Waals surface area contributed by atoms with Gasteiger partial charge in [-0.3, -0.25) is 0 Å². The van der Waals surface area contributed by atoms with Crippen molar-refractivity contribution in [2.45, 2.75) is 13.1 Å². The van der Waals surface area contributed by atoms with Gasteiger partial charge in [0, 0.05) is 22.9 Å². The number of aromatic nitrogens is 4. The number of aryl methyl sites for hydroxylation is 1. The van der Waals surface area contributed by atoms with Crippen LogP contribution in [0.2, 0.25) is 0 Å². The minimum absolute atomic E-state index is 0.00973. The number of nitrogens with zero attached hydrogens (tertiary/aromatic N) is 4. The molecule has 0 aliphatic heterocycles. The van der Waals surface area contributed by atoms with E-state index in [0.29, 0.717) is 6.07 Å². The molecule has 0 saturated heterocycles. The first-order valence-electron chi connectivity index (χ1n) is 7.16. The number of alkyl halides is 3. The summed E-state index contributed by atoms with van der Waals surface area (Å²) < 4.78 is 66.1. The normalized spacial score (nSPS) is 11.6. The SMILES string of the molecule is Cc1cc(-c2nnc(N)nc2-c2cc(F)cc(F)c2)cc(C(F)(F)F)n1. The summed E-state index contributed by atoms with van der Waals surface area (Å²) in [6, 6.07) is 4.67. The Kier molecular flexibility index (Phi) is 4.26. The zero-order valence-electron chi connectivity index (χ0n) is 13.1. The first-order chi connectivity index (χ1) is 12.1. The van der Waals surface area contributed by atoms with Crippen LogP contribution in [-0.2, 0) is 6.18 Å². The molecule has 0 fully saturated rings. The van der Waals surface area contributed by atoms with E-state index in [1.165, 1.54) is 13.0 Å². The highest BCUT2D eigenvalue weighted by Crippen LogP contribution is 2.34. The van der Waals surface area contributed by atoms with Gasteiger partial charge >= 0.3 is 6.18 Å². The molecule has 2 N–H and O–H groups in total. The van der Waals surface area contributed by atoms with E-state index >= 15 is 0 Å². The second-order valence-electron chi connectivity index (χ2n) is 5.41. The van der Waals surface area contributed by atoms with Crippen molar-refractivity contribution >= 4 is 5.95 Å². The lowest BCUT2D eigenvalue weighted by atomic mass is 10.0. The largest absolute Gasteiger partial charge is 0.433 e. The molecule has 0 atom stereocenters. The summed E-state index contributed by atoms with van der Waals surface area (Å²) in [6.07, 6.45) is -4.68. The summed E-state index contributed by atoms with van der Waals surface area (Å²) in [6.45, 7) is 1.37. The molecule has 26 heavy (non-hydrogen) atoms. The molecule has 5 nitrogen and oxygen atoms in total. The van der Waals surface area contributed by atoms with E-state index in [9.17, 15) is 22.0 Å². The maximum atomic E-state index is 13.5. The summed E-state index contributed by atoms with van der Waals surface area (Å²) in [5, 5.41) is 7.31. The Morgan fingerprint density at radius 1 is 0.808 bits per heavy atom. The first kappa shape index (κ1) is 17.6. The van der Waals surface area contributed by atoms with E-state index in [4.69, 9.17) is 5.73 Å². The number of hydrogen-bond donors (Lipinski definition) is 1. The van der Waals surface area contributed by atoms with Gasteiger partial charge in [0.1, 0.15) is 28.7 Å². The van der Waals surface area contributed by atoms with Gasteiger partial charge in [-0.05, 0) is 31.2 Å². The molecule has 2 heterocycles. The molecule has 3 aromatic rings. The number of nitrogen functional groups attached to an aromatic ring is 1.